The van der Waals surface area contributed by atoms with Gasteiger partial charge in [-0.2, -0.15) is 0 Å². The zero-order chi connectivity index (χ0) is 44.2. The lowest BCUT2D eigenvalue weighted by Crippen LogP contribution is -1.92. The first-order chi connectivity index (χ1) is 27.4. The van der Waals surface area contributed by atoms with Crippen molar-refractivity contribution in [3.8, 4) is 11.5 Å². The highest BCUT2D eigenvalue weighted by Crippen LogP contribution is 2.30. The highest BCUT2D eigenvalue weighted by Gasteiger charge is 2.09. The monoisotopic (exact) mass is 780 g/mol. The second-order valence-corrected chi connectivity index (χ2v) is 8.03. The highest BCUT2D eigenvalue weighted by atomic mass is 32.1. The van der Waals surface area contributed by atoms with Crippen LogP contribution in [0.25, 0.3) is 10.1 Å². The molecule has 0 saturated carbocycles. The smallest absolute Gasteiger partial charge is 0.231 e. The van der Waals surface area contributed by atoms with Crippen molar-refractivity contribution >= 4 is 21.4 Å². The number of allylic oxidation sites excluding steroid dienone is 4. The fourth-order valence-corrected chi connectivity index (χ4v) is 3.63. The zero-order valence-corrected chi connectivity index (χ0v) is 40.3. The Morgan fingerprint density at radius 1 is 0.400 bits per heavy atom. The first-order valence-electron chi connectivity index (χ1n) is 21.4. The number of ether oxygens (including phenoxy) is 2. The quantitative estimate of drug-likeness (QED) is 0.157. The van der Waals surface area contributed by atoms with Crippen molar-refractivity contribution < 1.29 is 9.47 Å². The van der Waals surface area contributed by atoms with Gasteiger partial charge in [-0.15, -0.1) is 11.3 Å². The van der Waals surface area contributed by atoms with Crippen LogP contribution in [0.5, 0.6) is 11.5 Å². The molecule has 0 spiro atoms. The summed E-state index contributed by atoms with van der Waals surface area (Å²) < 4.78 is 11.5. The minimum absolute atomic E-state index is 0.360. The van der Waals surface area contributed by atoms with Gasteiger partial charge in [-0.25, -0.2) is 0 Å². The number of hydrogen-bond donors (Lipinski definition) is 0. The average molecular weight is 780 g/mol. The zero-order valence-electron chi connectivity index (χ0n) is 39.5. The summed E-state index contributed by atoms with van der Waals surface area (Å²) in [4.78, 5) is 3.78. The lowest BCUT2D eigenvalue weighted by Gasteiger charge is -1.89. The third kappa shape index (κ3) is 52.0. The molecule has 4 heteroatoms. The molecular weight excluding hydrogens is 691 g/mol. The molecular formula is C51H89NO2S. The van der Waals surface area contributed by atoms with Crippen LogP contribution in [-0.4, -0.2) is 11.8 Å². The van der Waals surface area contributed by atoms with E-state index in [0.29, 0.717) is 6.79 Å². The third-order valence-corrected chi connectivity index (χ3v) is 5.43. The molecule has 0 saturated heterocycles. The second-order valence-electron chi connectivity index (χ2n) is 7.08. The number of nitrogens with zero attached hydrogens (tertiary/aromatic N) is 1. The summed E-state index contributed by atoms with van der Waals surface area (Å²) in [5.74, 6) is 1.69. The average Bonchev–Trinajstić information content (AvgIpc) is 4.18. The van der Waals surface area contributed by atoms with Crippen LogP contribution in [0.2, 0.25) is 0 Å². The Hall–Kier alpha value is -4.15. The van der Waals surface area contributed by atoms with Crippen molar-refractivity contribution in [1.29, 1.82) is 0 Å². The first-order valence-corrected chi connectivity index (χ1v) is 22.2. The van der Waals surface area contributed by atoms with E-state index < -0.39 is 0 Å². The van der Waals surface area contributed by atoms with Crippen LogP contribution in [0, 0.1) is 0 Å². The number of thiophene rings is 1. The van der Waals surface area contributed by atoms with E-state index in [0.717, 1.165) is 17.9 Å². The number of pyridine rings is 1. The maximum atomic E-state index is 5.08. The molecule has 2 aliphatic rings. The topological polar surface area (TPSA) is 31.4 Å². The van der Waals surface area contributed by atoms with E-state index in [2.05, 4.69) is 65.0 Å². The van der Waals surface area contributed by atoms with Crippen LogP contribution < -0.4 is 9.47 Å². The summed E-state index contributed by atoms with van der Waals surface area (Å²) in [6.45, 7) is 40.4. The molecule has 0 atom stereocenters. The lowest BCUT2D eigenvalue weighted by atomic mass is 10.3. The van der Waals surface area contributed by atoms with Crippen molar-refractivity contribution in [1.82, 2.24) is 4.98 Å². The molecule has 55 heavy (non-hydrogen) atoms. The summed E-state index contributed by atoms with van der Waals surface area (Å²) >= 11 is 1.79. The molecule has 5 aromatic rings. The molecule has 3 aromatic carbocycles. The Balaban J connectivity index is -0.0000000759. The van der Waals surface area contributed by atoms with Crippen LogP contribution >= 0.6 is 11.3 Å². The van der Waals surface area contributed by atoms with Crippen LogP contribution in [-0.2, 0) is 0 Å². The van der Waals surface area contributed by atoms with Gasteiger partial charge in [0.2, 0.25) is 6.79 Å². The second kappa shape index (κ2) is 78.8. The number of benzene rings is 3. The van der Waals surface area contributed by atoms with E-state index >= 15 is 0 Å². The number of para-hydroxylation sites is 2. The van der Waals surface area contributed by atoms with Crippen LogP contribution in [0.3, 0.4) is 0 Å². The molecule has 0 bridgehead atoms. The van der Waals surface area contributed by atoms with E-state index in [4.69, 9.17) is 9.47 Å². The fourth-order valence-electron chi connectivity index (χ4n) is 2.84. The highest BCUT2D eigenvalue weighted by molar-refractivity contribution is 7.17. The van der Waals surface area contributed by atoms with Gasteiger partial charge in [-0.05, 0) is 53.6 Å². The van der Waals surface area contributed by atoms with E-state index in [-0.39, 0.29) is 0 Å². The van der Waals surface area contributed by atoms with Gasteiger partial charge < -0.3 is 9.47 Å². The molecule has 1 aliphatic heterocycles. The molecule has 316 valence electrons. The lowest BCUT2D eigenvalue weighted by molar-refractivity contribution is 0.174. The van der Waals surface area contributed by atoms with E-state index in [9.17, 15) is 0 Å². The number of fused-ring (bicyclic) bond motifs is 2. The molecule has 3 heterocycles. The Morgan fingerprint density at radius 2 is 0.745 bits per heavy atom. The minimum atomic E-state index is 0.360. The predicted octanol–water partition coefficient (Wildman–Crippen LogP) is 18.8. The van der Waals surface area contributed by atoms with Gasteiger partial charge in [0, 0.05) is 17.1 Å². The van der Waals surface area contributed by atoms with Gasteiger partial charge in [-0.1, -0.05) is 236 Å². The molecule has 0 N–H and O–H groups in total. The number of rotatable bonds is 0. The third-order valence-electron chi connectivity index (χ3n) is 4.53. The Labute approximate surface area is 349 Å². The minimum Gasteiger partial charge on any atom is -0.454 e. The van der Waals surface area contributed by atoms with E-state index in [1.54, 1.807) is 23.7 Å². The summed E-state index contributed by atoms with van der Waals surface area (Å²) in [5.41, 5.74) is 0. The first kappa shape index (κ1) is 68.8. The van der Waals surface area contributed by atoms with Crippen molar-refractivity contribution in [3.05, 3.63) is 151 Å². The van der Waals surface area contributed by atoms with Gasteiger partial charge in [0.1, 0.15) is 0 Å². The largest absolute Gasteiger partial charge is 0.454 e. The van der Waals surface area contributed by atoms with Gasteiger partial charge in [0.15, 0.2) is 11.5 Å². The molecule has 1 aliphatic carbocycles. The maximum Gasteiger partial charge on any atom is 0.231 e. The SMILES string of the molecule is C1=CCC=C1.CC.CC.CC.CC.CC.CC.CC.CC.CC.CC.c1ccc2c(c1)OCO2.c1ccc2sccc2c1.c1ccccc1.c1ccncc1. The molecule has 0 unspecified atom stereocenters. The van der Waals surface area contributed by atoms with Gasteiger partial charge >= 0.3 is 0 Å². The van der Waals surface area contributed by atoms with Gasteiger partial charge in [0.25, 0.3) is 0 Å². The molecule has 2 aromatic heterocycles. The van der Waals surface area contributed by atoms with E-state index in [1.807, 2.05) is 217 Å². The van der Waals surface area contributed by atoms with E-state index in [1.165, 1.54) is 10.1 Å². The van der Waals surface area contributed by atoms with Crippen LogP contribution in [0.15, 0.2) is 151 Å². The Morgan fingerprint density at radius 3 is 1.04 bits per heavy atom. The van der Waals surface area contributed by atoms with Crippen molar-refractivity contribution in [2.45, 2.75) is 145 Å². The molecule has 7 rings (SSSR count). The molecule has 0 fully saturated rings. The van der Waals surface area contributed by atoms with Gasteiger partial charge in [0.05, 0.1) is 0 Å². The standard InChI is InChI=1S/C8H6S.C7H6O2.C6H6.C5H5N.C5H6.10C2H6/c1-2-4-8-7(3-1)5-6-9-8;1-2-4-7-6(3-1)8-5-9-7;2*1-2-4-6-5-3-1;1-2-4-5-3-1;10*1-2/h1-6H;1-4H,5H2;1-6H;1-5H;1-4H,5H2;10*1-2H3. The predicted molar refractivity (Wildman–Crippen MR) is 261 cm³/mol. The maximum absolute atomic E-state index is 5.08. The van der Waals surface area contributed by atoms with Crippen molar-refractivity contribution in [3.63, 3.8) is 0 Å². The summed E-state index contributed by atoms with van der Waals surface area (Å²) in [6.07, 6.45) is 13.0. The van der Waals surface area contributed by atoms with Crippen molar-refractivity contribution in [2.24, 2.45) is 0 Å². The molecule has 0 radical (unpaired) electrons. The van der Waals surface area contributed by atoms with Crippen molar-refractivity contribution in [2.75, 3.05) is 6.79 Å². The molecule has 0 amide bonds. The van der Waals surface area contributed by atoms with Crippen LogP contribution in [0.4, 0.5) is 0 Å². The van der Waals surface area contributed by atoms with Crippen LogP contribution in [0.1, 0.15) is 145 Å². The summed E-state index contributed by atoms with van der Waals surface area (Å²) in [7, 11) is 0. The Kier molecular flexibility index (Phi) is 98.6. The van der Waals surface area contributed by atoms with Gasteiger partial charge in [-0.3, -0.25) is 4.98 Å². The molecule has 3 nitrogen and oxygen atoms in total. The number of aromatic nitrogens is 1. The fraction of sp³-hybridized carbons (Fsp3) is 0.431. The number of hydrogen-bond acceptors (Lipinski definition) is 4. The summed E-state index contributed by atoms with van der Waals surface area (Å²) in [6, 6.07) is 35.9. The Bertz CT molecular complexity index is 1110. The summed E-state index contributed by atoms with van der Waals surface area (Å²) in [5, 5.41) is 3.47. The normalized spacial score (nSPS) is 8.36.